The molecule has 4 rings (SSSR count). The van der Waals surface area contributed by atoms with Gasteiger partial charge in [-0.25, -0.2) is 14.4 Å². The van der Waals surface area contributed by atoms with Crippen molar-refractivity contribution >= 4 is 53.2 Å². The molecule has 1 aliphatic rings. The molecule has 0 fully saturated rings. The Morgan fingerprint density at radius 1 is 0.828 bits per heavy atom. The molecule has 0 saturated heterocycles. The fourth-order valence-corrected chi connectivity index (χ4v) is 7.53. The summed E-state index contributed by atoms with van der Waals surface area (Å²) in [5.74, 6) is -2.23. The van der Waals surface area contributed by atoms with Crippen molar-refractivity contribution in [3.05, 3.63) is 92.2 Å². The topological polar surface area (TPSA) is 181 Å². The van der Waals surface area contributed by atoms with E-state index < -0.39 is 58.8 Å². The number of aliphatic carboxylic acids is 1. The number of ether oxygens (including phenoxy) is 3. The van der Waals surface area contributed by atoms with Gasteiger partial charge in [0.05, 0.1) is 6.42 Å². The van der Waals surface area contributed by atoms with Gasteiger partial charge >= 0.3 is 24.2 Å². The van der Waals surface area contributed by atoms with Gasteiger partial charge in [-0.15, -0.1) is 11.3 Å². The van der Waals surface area contributed by atoms with Crippen LogP contribution in [0.1, 0.15) is 112 Å². The van der Waals surface area contributed by atoms with E-state index in [0.29, 0.717) is 30.8 Å². The number of benzene rings is 2. The first-order valence-corrected chi connectivity index (χ1v) is 19.9. The van der Waals surface area contributed by atoms with Crippen LogP contribution in [0.4, 0.5) is 14.4 Å². The third kappa shape index (κ3) is 12.7. The number of thiophene rings is 1. The van der Waals surface area contributed by atoms with Gasteiger partial charge in [-0.2, -0.15) is 9.89 Å². The maximum absolute atomic E-state index is 14.3. The number of nitrogens with zero attached hydrogens (tertiary/aromatic N) is 3. The van der Waals surface area contributed by atoms with Crippen LogP contribution in [-0.2, 0) is 56.0 Å². The Morgan fingerprint density at radius 2 is 1.38 bits per heavy atom. The second-order valence-corrected chi connectivity index (χ2v) is 18.0. The van der Waals surface area contributed by atoms with Crippen LogP contribution in [0.5, 0.6) is 0 Å². The summed E-state index contributed by atoms with van der Waals surface area (Å²) < 4.78 is 16.4. The van der Waals surface area contributed by atoms with E-state index in [1.165, 1.54) is 35.6 Å². The van der Waals surface area contributed by atoms with Gasteiger partial charge in [0.25, 0.3) is 5.91 Å². The molecule has 0 radical (unpaired) electrons. The monoisotopic (exact) mass is 818 g/mol. The summed E-state index contributed by atoms with van der Waals surface area (Å²) in [5, 5.41) is 12.4. The molecule has 312 valence electrons. The Balaban J connectivity index is 1.68. The van der Waals surface area contributed by atoms with Gasteiger partial charge in [-0.1, -0.05) is 49.4 Å². The minimum absolute atomic E-state index is 0.0740. The number of nitrogens with one attached hydrogen (secondary N) is 1. The molecule has 58 heavy (non-hydrogen) atoms. The molecule has 5 amide bonds. The van der Waals surface area contributed by atoms with Gasteiger partial charge in [-0.3, -0.25) is 14.4 Å². The van der Waals surface area contributed by atoms with E-state index >= 15 is 0 Å². The minimum atomic E-state index is -1.16. The zero-order valence-electron chi connectivity index (χ0n) is 34.9. The molecule has 0 aliphatic carbocycles. The smallest absolute Gasteiger partial charge is 0.436 e. The highest BCUT2D eigenvalue weighted by atomic mass is 32.1. The van der Waals surface area contributed by atoms with Crippen molar-refractivity contribution in [1.29, 1.82) is 0 Å². The van der Waals surface area contributed by atoms with E-state index in [4.69, 9.17) is 14.2 Å². The molecule has 2 heterocycles. The maximum Gasteiger partial charge on any atom is 0.436 e. The number of fused-ring (bicyclic) bond motifs is 1. The van der Waals surface area contributed by atoms with Crippen molar-refractivity contribution in [2.75, 3.05) is 6.54 Å². The summed E-state index contributed by atoms with van der Waals surface area (Å²) in [6, 6.07) is 14.0. The van der Waals surface area contributed by atoms with Gasteiger partial charge in [-0.05, 0) is 104 Å². The summed E-state index contributed by atoms with van der Waals surface area (Å²) in [4.78, 5) is 88.2. The Morgan fingerprint density at radius 3 is 1.90 bits per heavy atom. The van der Waals surface area contributed by atoms with Crippen LogP contribution in [0.15, 0.2) is 59.6 Å². The Hall–Kier alpha value is -5.57. The molecule has 0 bridgehead atoms. The average Bonchev–Trinajstić information content (AvgIpc) is 3.44. The number of hydrogen-bond acceptors (Lipinski definition) is 10. The van der Waals surface area contributed by atoms with Crippen LogP contribution >= 0.6 is 11.3 Å². The van der Waals surface area contributed by atoms with Crippen molar-refractivity contribution in [1.82, 2.24) is 15.1 Å². The lowest BCUT2D eigenvalue weighted by Crippen LogP contribution is -2.50. The number of aliphatic imine (C=N–C) groups is 1. The SMILES string of the molecule is CCc1c(CC(=O)O)sc2c1CN(C(=O)[C@H](Cc1ccccc1)NC(=O)c1ccc(C(=NC(=O)OC(C)(C)C)N(C(=O)OC(C)(C)C)C(=O)OC(C)(C)C)cc1)CC2. The Labute approximate surface area is 343 Å². The number of hydrogen-bond donors (Lipinski definition) is 2. The highest BCUT2D eigenvalue weighted by Gasteiger charge is 2.37. The van der Waals surface area contributed by atoms with Crippen molar-refractivity contribution < 1.29 is 48.1 Å². The summed E-state index contributed by atoms with van der Waals surface area (Å²) >= 11 is 1.49. The molecular weight excluding hydrogens is 765 g/mol. The highest BCUT2D eigenvalue weighted by molar-refractivity contribution is 7.12. The zero-order valence-corrected chi connectivity index (χ0v) is 35.7. The number of carbonyl (C=O) groups is 6. The third-order valence-corrected chi connectivity index (χ3v) is 9.80. The largest absolute Gasteiger partial charge is 0.481 e. The van der Waals surface area contributed by atoms with Crippen molar-refractivity contribution in [2.24, 2.45) is 4.99 Å². The van der Waals surface area contributed by atoms with Crippen LogP contribution in [0.25, 0.3) is 0 Å². The first-order chi connectivity index (χ1) is 26.9. The lowest BCUT2D eigenvalue weighted by atomic mass is 9.98. The van der Waals surface area contributed by atoms with E-state index in [9.17, 15) is 33.9 Å². The number of imide groups is 1. The average molecular weight is 819 g/mol. The van der Waals surface area contributed by atoms with Crippen LogP contribution < -0.4 is 5.32 Å². The van der Waals surface area contributed by atoms with Gasteiger partial charge in [0.2, 0.25) is 5.91 Å². The summed E-state index contributed by atoms with van der Waals surface area (Å²) in [6.45, 7) is 17.2. The fraction of sp³-hybridized carbons (Fsp3) is 0.465. The molecule has 15 heteroatoms. The molecule has 1 atom stereocenters. The second-order valence-electron chi connectivity index (χ2n) is 16.8. The number of amides is 5. The van der Waals surface area contributed by atoms with Crippen LogP contribution in [0.3, 0.4) is 0 Å². The van der Waals surface area contributed by atoms with E-state index in [2.05, 4.69) is 10.3 Å². The summed E-state index contributed by atoms with van der Waals surface area (Å²) in [7, 11) is 0. The second kappa shape index (κ2) is 18.3. The molecule has 2 N–H and O–H groups in total. The lowest BCUT2D eigenvalue weighted by Gasteiger charge is -2.31. The molecular formula is C43H54N4O10S. The van der Waals surface area contributed by atoms with E-state index in [0.717, 1.165) is 26.4 Å². The standard InChI is InChI=1S/C43H54N4O10S/c1-11-29-30-25-46(22-21-32(30)58-33(29)24-34(48)49)37(51)31(23-26-15-13-12-14-16-26)44-36(50)28-19-17-27(18-20-28)35(45-38(52)55-41(2,3)4)47(39(53)56-42(5,6)7)40(54)57-43(8,9)10/h12-20,31H,11,21-25H2,1-10H3,(H,44,50)(H,48,49)/t31-/m0/s1. The Bertz CT molecular complexity index is 2010. The molecule has 0 saturated carbocycles. The molecule has 0 spiro atoms. The number of rotatable bonds is 9. The number of carboxylic acids is 1. The van der Waals surface area contributed by atoms with Crippen LogP contribution in [0, 0.1) is 0 Å². The number of carboxylic acid groups (broad SMARTS) is 1. The highest BCUT2D eigenvalue weighted by Crippen LogP contribution is 2.34. The van der Waals surface area contributed by atoms with Gasteiger partial charge in [0.15, 0.2) is 5.84 Å². The minimum Gasteiger partial charge on any atom is -0.481 e. The van der Waals surface area contributed by atoms with Gasteiger partial charge in [0, 0.05) is 40.4 Å². The maximum atomic E-state index is 14.3. The van der Waals surface area contributed by atoms with E-state index in [1.807, 2.05) is 37.3 Å². The van der Waals surface area contributed by atoms with Crippen LogP contribution in [-0.4, -0.2) is 86.2 Å². The van der Waals surface area contributed by atoms with E-state index in [1.54, 1.807) is 67.2 Å². The predicted octanol–water partition coefficient (Wildman–Crippen LogP) is 7.72. The normalized spacial score (nSPS) is 13.8. The molecule has 1 aliphatic heterocycles. The summed E-state index contributed by atoms with van der Waals surface area (Å²) in [6.07, 6.45) is -2.09. The first-order valence-electron chi connectivity index (χ1n) is 19.1. The molecule has 2 aromatic carbocycles. The summed E-state index contributed by atoms with van der Waals surface area (Å²) in [5.41, 5.74) is -0.101. The van der Waals surface area contributed by atoms with Crippen LogP contribution in [0.2, 0.25) is 0 Å². The van der Waals surface area contributed by atoms with Crippen molar-refractivity contribution in [3.8, 4) is 0 Å². The predicted molar refractivity (Wildman–Crippen MR) is 219 cm³/mol. The Kier molecular flexibility index (Phi) is 14.3. The quantitative estimate of drug-likeness (QED) is 0.123. The molecule has 0 unspecified atom stereocenters. The van der Waals surface area contributed by atoms with Gasteiger partial charge in [0.1, 0.15) is 22.8 Å². The van der Waals surface area contributed by atoms with E-state index in [-0.39, 0.29) is 29.9 Å². The van der Waals surface area contributed by atoms with Crippen molar-refractivity contribution in [2.45, 2.75) is 124 Å². The molecule has 1 aromatic heterocycles. The number of carbonyl (C=O) groups excluding carboxylic acids is 5. The molecule has 3 aromatic rings. The first kappa shape index (κ1) is 45.1. The molecule has 14 nitrogen and oxygen atoms in total. The lowest BCUT2D eigenvalue weighted by molar-refractivity contribution is -0.136. The fourth-order valence-electron chi connectivity index (χ4n) is 6.14. The van der Waals surface area contributed by atoms with Crippen molar-refractivity contribution in [3.63, 3.8) is 0 Å². The zero-order chi connectivity index (χ0) is 43.2. The third-order valence-electron chi connectivity index (χ3n) is 8.46. The van der Waals surface area contributed by atoms with Gasteiger partial charge < -0.3 is 29.5 Å². The number of amidine groups is 1.